The maximum Gasteiger partial charge on any atom is 0.227 e. The van der Waals surface area contributed by atoms with Gasteiger partial charge in [0, 0.05) is 13.0 Å². The molecule has 0 atom stereocenters. The molecule has 2 rings (SSSR count). The molecule has 0 spiro atoms. The number of hydrogen-bond donors (Lipinski definition) is 2. The monoisotopic (exact) mass is 209 g/mol. The summed E-state index contributed by atoms with van der Waals surface area (Å²) in [6.45, 7) is 0.185. The fourth-order valence-electron chi connectivity index (χ4n) is 1.16. The molecule has 0 radical (unpaired) electrons. The molecular weight excluding hydrogens is 198 g/mol. The Labute approximate surface area is 85.5 Å². The first kappa shape index (κ1) is 9.78. The largest absolute Gasteiger partial charge is 0.396 e. The SMILES string of the molecule is OCCCCc1nc(-c2cn[nH]n2)no1. The van der Waals surface area contributed by atoms with Crippen LogP contribution in [0.3, 0.4) is 0 Å². The van der Waals surface area contributed by atoms with Crippen LogP contribution in [0.4, 0.5) is 0 Å². The highest BCUT2D eigenvalue weighted by Crippen LogP contribution is 2.11. The summed E-state index contributed by atoms with van der Waals surface area (Å²) in [5.74, 6) is 0.990. The molecule has 0 amide bonds. The summed E-state index contributed by atoms with van der Waals surface area (Å²) < 4.78 is 5.01. The van der Waals surface area contributed by atoms with Gasteiger partial charge in [-0.15, -0.1) is 0 Å². The molecule has 0 aliphatic heterocycles. The van der Waals surface area contributed by atoms with Crippen molar-refractivity contribution in [2.45, 2.75) is 19.3 Å². The lowest BCUT2D eigenvalue weighted by Gasteiger charge is -1.90. The summed E-state index contributed by atoms with van der Waals surface area (Å²) in [5.41, 5.74) is 0.562. The standard InChI is InChI=1S/C8H11N5O2/c14-4-2-1-3-7-10-8(12-15-7)6-5-9-13-11-6/h5,14H,1-4H2,(H,9,11,13). The number of aromatic amines is 1. The van der Waals surface area contributed by atoms with E-state index in [0.29, 0.717) is 23.8 Å². The molecule has 0 bridgehead atoms. The van der Waals surface area contributed by atoms with Crippen molar-refractivity contribution < 1.29 is 9.63 Å². The lowest BCUT2D eigenvalue weighted by Crippen LogP contribution is -1.89. The van der Waals surface area contributed by atoms with Crippen LogP contribution >= 0.6 is 0 Å². The summed E-state index contributed by atoms with van der Waals surface area (Å²) in [5, 5.41) is 22.3. The highest BCUT2D eigenvalue weighted by molar-refractivity contribution is 5.44. The van der Waals surface area contributed by atoms with Crippen molar-refractivity contribution in [1.29, 1.82) is 0 Å². The second kappa shape index (κ2) is 4.65. The number of aromatic nitrogens is 5. The number of rotatable bonds is 5. The average Bonchev–Trinajstić information content (AvgIpc) is 2.87. The molecule has 2 aromatic rings. The number of aliphatic hydroxyl groups is 1. The van der Waals surface area contributed by atoms with Crippen molar-refractivity contribution >= 4 is 0 Å². The van der Waals surface area contributed by atoms with E-state index in [1.165, 1.54) is 6.20 Å². The van der Waals surface area contributed by atoms with Gasteiger partial charge in [0.25, 0.3) is 0 Å². The van der Waals surface area contributed by atoms with E-state index in [1.54, 1.807) is 0 Å². The van der Waals surface area contributed by atoms with E-state index in [4.69, 9.17) is 9.63 Å². The van der Waals surface area contributed by atoms with Gasteiger partial charge < -0.3 is 9.63 Å². The zero-order valence-corrected chi connectivity index (χ0v) is 8.05. The number of aryl methyl sites for hydroxylation is 1. The quantitative estimate of drug-likeness (QED) is 0.681. The molecule has 0 aromatic carbocycles. The zero-order valence-electron chi connectivity index (χ0n) is 8.05. The van der Waals surface area contributed by atoms with E-state index in [1.807, 2.05) is 0 Å². The summed E-state index contributed by atoms with van der Waals surface area (Å²) in [7, 11) is 0. The van der Waals surface area contributed by atoms with Gasteiger partial charge in [-0.1, -0.05) is 5.16 Å². The molecule has 15 heavy (non-hydrogen) atoms. The molecule has 0 saturated heterocycles. The predicted octanol–water partition coefficient (Wildman–Crippen LogP) is 0.170. The maximum absolute atomic E-state index is 8.61. The van der Waals surface area contributed by atoms with Crippen LogP contribution in [0.1, 0.15) is 18.7 Å². The van der Waals surface area contributed by atoms with Crippen LogP contribution in [0.25, 0.3) is 11.5 Å². The maximum atomic E-state index is 8.61. The van der Waals surface area contributed by atoms with Gasteiger partial charge in [0.1, 0.15) is 0 Å². The third-order valence-electron chi connectivity index (χ3n) is 1.91. The van der Waals surface area contributed by atoms with E-state index in [-0.39, 0.29) is 6.61 Å². The van der Waals surface area contributed by atoms with Gasteiger partial charge in [0.2, 0.25) is 11.7 Å². The lowest BCUT2D eigenvalue weighted by molar-refractivity contribution is 0.281. The van der Waals surface area contributed by atoms with E-state index in [0.717, 1.165) is 12.8 Å². The van der Waals surface area contributed by atoms with Crippen LogP contribution in [-0.4, -0.2) is 37.3 Å². The average molecular weight is 209 g/mol. The Hall–Kier alpha value is -1.76. The molecule has 80 valence electrons. The van der Waals surface area contributed by atoms with Crippen molar-refractivity contribution in [3.05, 3.63) is 12.1 Å². The topological polar surface area (TPSA) is 101 Å². The fraction of sp³-hybridized carbons (Fsp3) is 0.500. The Bertz CT molecular complexity index is 397. The van der Waals surface area contributed by atoms with Crippen molar-refractivity contribution in [1.82, 2.24) is 25.6 Å². The minimum absolute atomic E-state index is 0.185. The molecule has 2 aromatic heterocycles. The number of nitrogens with one attached hydrogen (secondary N) is 1. The Morgan fingerprint density at radius 2 is 2.33 bits per heavy atom. The van der Waals surface area contributed by atoms with E-state index in [2.05, 4.69) is 25.6 Å². The summed E-state index contributed by atoms with van der Waals surface area (Å²) in [6, 6.07) is 0. The third kappa shape index (κ3) is 2.38. The first-order valence-corrected chi connectivity index (χ1v) is 4.69. The van der Waals surface area contributed by atoms with Crippen LogP contribution in [0.2, 0.25) is 0 Å². The van der Waals surface area contributed by atoms with E-state index >= 15 is 0 Å². The van der Waals surface area contributed by atoms with E-state index < -0.39 is 0 Å². The van der Waals surface area contributed by atoms with Gasteiger partial charge in [-0.05, 0) is 12.8 Å². The summed E-state index contributed by atoms with van der Waals surface area (Å²) in [6.07, 6.45) is 3.77. The van der Waals surface area contributed by atoms with Crippen LogP contribution in [0.15, 0.2) is 10.7 Å². The Balaban J connectivity index is 1.98. The molecule has 0 aliphatic rings. The van der Waals surface area contributed by atoms with E-state index in [9.17, 15) is 0 Å². The molecule has 7 heteroatoms. The predicted molar refractivity (Wildman–Crippen MR) is 49.7 cm³/mol. The number of nitrogens with zero attached hydrogens (tertiary/aromatic N) is 4. The molecular formula is C8H11N5O2. The second-order valence-electron chi connectivity index (χ2n) is 3.05. The molecule has 2 N–H and O–H groups in total. The highest BCUT2D eigenvalue weighted by atomic mass is 16.5. The van der Waals surface area contributed by atoms with Crippen LogP contribution in [0.5, 0.6) is 0 Å². The van der Waals surface area contributed by atoms with Gasteiger partial charge in [-0.2, -0.15) is 20.4 Å². The van der Waals surface area contributed by atoms with Crippen molar-refractivity contribution in [3.63, 3.8) is 0 Å². The summed E-state index contributed by atoms with van der Waals surface area (Å²) in [4.78, 5) is 4.14. The first-order chi connectivity index (χ1) is 7.40. The van der Waals surface area contributed by atoms with Gasteiger partial charge >= 0.3 is 0 Å². The van der Waals surface area contributed by atoms with Crippen molar-refractivity contribution in [2.24, 2.45) is 0 Å². The Morgan fingerprint density at radius 3 is 3.07 bits per heavy atom. The molecule has 0 fully saturated rings. The highest BCUT2D eigenvalue weighted by Gasteiger charge is 2.09. The van der Waals surface area contributed by atoms with Gasteiger partial charge in [0.05, 0.1) is 6.20 Å². The Morgan fingerprint density at radius 1 is 1.40 bits per heavy atom. The smallest absolute Gasteiger partial charge is 0.227 e. The number of hydrogen-bond acceptors (Lipinski definition) is 6. The molecule has 7 nitrogen and oxygen atoms in total. The van der Waals surface area contributed by atoms with Crippen LogP contribution in [0, 0.1) is 0 Å². The lowest BCUT2D eigenvalue weighted by atomic mass is 10.2. The molecule has 0 aliphatic carbocycles. The van der Waals surface area contributed by atoms with Gasteiger partial charge in [0.15, 0.2) is 5.69 Å². The third-order valence-corrected chi connectivity index (χ3v) is 1.91. The zero-order chi connectivity index (χ0) is 10.5. The number of H-pyrrole nitrogens is 1. The normalized spacial score (nSPS) is 10.7. The Kier molecular flexibility index (Phi) is 3.03. The number of aliphatic hydroxyl groups excluding tert-OH is 1. The van der Waals surface area contributed by atoms with Crippen molar-refractivity contribution in [2.75, 3.05) is 6.61 Å². The van der Waals surface area contributed by atoms with Gasteiger partial charge in [-0.3, -0.25) is 0 Å². The van der Waals surface area contributed by atoms with Gasteiger partial charge in [-0.25, -0.2) is 0 Å². The number of unbranched alkanes of at least 4 members (excludes halogenated alkanes) is 1. The first-order valence-electron chi connectivity index (χ1n) is 4.69. The molecule has 0 saturated carbocycles. The minimum atomic E-state index is 0.185. The fourth-order valence-corrected chi connectivity index (χ4v) is 1.16. The second-order valence-corrected chi connectivity index (χ2v) is 3.05. The van der Waals surface area contributed by atoms with Crippen LogP contribution in [-0.2, 0) is 6.42 Å². The molecule has 0 unspecified atom stereocenters. The van der Waals surface area contributed by atoms with Crippen LogP contribution < -0.4 is 0 Å². The minimum Gasteiger partial charge on any atom is -0.396 e. The molecule has 2 heterocycles. The summed E-state index contributed by atoms with van der Waals surface area (Å²) >= 11 is 0. The van der Waals surface area contributed by atoms with Crippen molar-refractivity contribution in [3.8, 4) is 11.5 Å².